The molecule has 2 N–H and O–H groups in total. The minimum atomic E-state index is -1.62. The number of carboxylic acids is 1. The van der Waals surface area contributed by atoms with Crippen molar-refractivity contribution in [2.75, 3.05) is 25.7 Å². The Kier molecular flexibility index (Phi) is 7.98. The number of fused-ring (bicyclic) bond motifs is 4. The van der Waals surface area contributed by atoms with Crippen LogP contribution in [0, 0.1) is 23.7 Å². The van der Waals surface area contributed by atoms with E-state index in [9.17, 15) is 29.4 Å². The molecular formula is C37H33ClN2O9. The molecule has 3 fully saturated rings. The number of methoxy groups -OCH3 is 2. The third-order valence-electron chi connectivity index (χ3n) is 10.6. The number of likely N-dealkylation sites (tertiary alicyclic amines) is 1. The lowest BCUT2D eigenvalue weighted by molar-refractivity contribution is -0.142. The molecule has 2 heterocycles. The van der Waals surface area contributed by atoms with Gasteiger partial charge < -0.3 is 19.7 Å². The number of carboxylic acid groups (broad SMARTS) is 1. The number of nitrogens with zero attached hydrogens (tertiary/aromatic N) is 2. The van der Waals surface area contributed by atoms with E-state index < -0.39 is 71.0 Å². The first-order valence-corrected chi connectivity index (χ1v) is 16.3. The van der Waals surface area contributed by atoms with E-state index in [2.05, 4.69) is 0 Å². The van der Waals surface area contributed by atoms with Crippen LogP contribution in [-0.4, -0.2) is 65.5 Å². The highest BCUT2D eigenvalue weighted by Crippen LogP contribution is 2.66. The van der Waals surface area contributed by atoms with Crippen LogP contribution in [0.2, 0.25) is 5.02 Å². The number of rotatable bonds is 8. The number of aromatic hydroxyl groups is 1. The quantitative estimate of drug-likeness (QED) is 0.254. The summed E-state index contributed by atoms with van der Waals surface area (Å²) in [5, 5.41) is 21.4. The van der Waals surface area contributed by atoms with E-state index in [1.54, 1.807) is 54.6 Å². The first-order valence-electron chi connectivity index (χ1n) is 16.0. The van der Waals surface area contributed by atoms with Crippen molar-refractivity contribution in [3.05, 3.63) is 94.5 Å². The second-order valence-corrected chi connectivity index (χ2v) is 13.3. The molecule has 7 rings (SSSR count). The van der Waals surface area contributed by atoms with Crippen LogP contribution in [0.4, 0.5) is 5.69 Å². The molecular weight excluding hydrogens is 652 g/mol. The fraction of sp³-hybridized carbons (Fsp3) is 0.324. The number of phenolic OH excluding ortho intramolecular Hbond substituents is 1. The Hall–Kier alpha value is -5.16. The molecule has 252 valence electrons. The zero-order chi connectivity index (χ0) is 34.8. The van der Waals surface area contributed by atoms with Gasteiger partial charge in [-0.05, 0) is 42.5 Å². The van der Waals surface area contributed by atoms with Crippen molar-refractivity contribution in [2.24, 2.45) is 23.7 Å². The summed E-state index contributed by atoms with van der Waals surface area (Å²) in [6.07, 6.45) is 1.65. The monoisotopic (exact) mass is 684 g/mol. The van der Waals surface area contributed by atoms with E-state index >= 15 is 4.79 Å². The minimum Gasteiger partial charge on any atom is -0.507 e. The summed E-state index contributed by atoms with van der Waals surface area (Å²) < 4.78 is 11.3. The van der Waals surface area contributed by atoms with Gasteiger partial charge in [0.05, 0.1) is 49.5 Å². The van der Waals surface area contributed by atoms with Crippen LogP contribution in [0.5, 0.6) is 17.2 Å². The zero-order valence-corrected chi connectivity index (χ0v) is 27.4. The minimum absolute atomic E-state index is 0.0467. The number of carbonyl (C=O) groups excluding carboxylic acids is 4. The summed E-state index contributed by atoms with van der Waals surface area (Å²) in [6.45, 7) is -0.268. The molecule has 4 amide bonds. The van der Waals surface area contributed by atoms with Gasteiger partial charge in [0.25, 0.3) is 0 Å². The lowest BCUT2D eigenvalue weighted by atomic mass is 9.49. The van der Waals surface area contributed by atoms with Crippen LogP contribution in [0.1, 0.15) is 36.3 Å². The van der Waals surface area contributed by atoms with E-state index in [4.69, 9.17) is 21.1 Å². The number of hydrogen-bond donors (Lipinski definition) is 2. The largest absolute Gasteiger partial charge is 0.507 e. The first kappa shape index (κ1) is 32.4. The Morgan fingerprint density at radius 2 is 1.69 bits per heavy atom. The van der Waals surface area contributed by atoms with Crippen molar-refractivity contribution in [2.45, 2.75) is 30.6 Å². The number of amides is 4. The predicted molar refractivity (Wildman–Crippen MR) is 176 cm³/mol. The highest BCUT2D eigenvalue weighted by molar-refractivity contribution is 6.32. The van der Waals surface area contributed by atoms with Crippen molar-refractivity contribution >= 4 is 46.9 Å². The lowest BCUT2D eigenvalue weighted by Crippen LogP contribution is -2.53. The van der Waals surface area contributed by atoms with Gasteiger partial charge in [-0.2, -0.15) is 0 Å². The van der Waals surface area contributed by atoms with Gasteiger partial charge in [0, 0.05) is 35.2 Å². The molecule has 1 saturated carbocycles. The van der Waals surface area contributed by atoms with Gasteiger partial charge in [-0.15, -0.1) is 0 Å². The van der Waals surface area contributed by atoms with E-state index in [0.717, 1.165) is 9.80 Å². The molecule has 2 saturated heterocycles. The highest BCUT2D eigenvalue weighted by atomic mass is 35.5. The maximum Gasteiger partial charge on any atom is 0.305 e. The van der Waals surface area contributed by atoms with Crippen LogP contribution in [0.3, 0.4) is 0 Å². The van der Waals surface area contributed by atoms with Gasteiger partial charge in [-0.25, -0.2) is 4.90 Å². The fourth-order valence-corrected chi connectivity index (χ4v) is 8.90. The number of allylic oxidation sites excluding steroid dienone is 2. The number of phenols is 1. The Balaban J connectivity index is 1.50. The van der Waals surface area contributed by atoms with Gasteiger partial charge >= 0.3 is 5.97 Å². The SMILES string of the molecule is COc1cc(O)c([C@H]2C3=CC[C@@H]4C(=O)N(CCC(=O)O)C(=O)[C@@H]4[C@@H]3C[C@H]3C(=O)N(c4cccc(Cl)c4)C(=O)[C@@]23c2ccccc2)c(OC)c1. The van der Waals surface area contributed by atoms with Crippen LogP contribution in [0.15, 0.2) is 78.4 Å². The molecule has 0 spiro atoms. The summed E-state index contributed by atoms with van der Waals surface area (Å²) in [5.74, 6) is -7.30. The van der Waals surface area contributed by atoms with Gasteiger partial charge in [0.1, 0.15) is 17.2 Å². The van der Waals surface area contributed by atoms with E-state index in [-0.39, 0.29) is 42.1 Å². The molecule has 0 bridgehead atoms. The molecule has 4 aliphatic rings. The van der Waals surface area contributed by atoms with Gasteiger partial charge in [-0.3, -0.25) is 28.9 Å². The molecule has 2 aliphatic heterocycles. The Morgan fingerprint density at radius 3 is 2.37 bits per heavy atom. The predicted octanol–water partition coefficient (Wildman–Crippen LogP) is 4.70. The van der Waals surface area contributed by atoms with Gasteiger partial charge in [0.15, 0.2) is 0 Å². The third-order valence-corrected chi connectivity index (χ3v) is 10.9. The molecule has 12 heteroatoms. The Bertz CT molecular complexity index is 1940. The zero-order valence-electron chi connectivity index (χ0n) is 26.7. The van der Waals surface area contributed by atoms with E-state index in [0.29, 0.717) is 21.9 Å². The number of imide groups is 2. The summed E-state index contributed by atoms with van der Waals surface area (Å²) in [5.41, 5.74) is 0.0434. The third kappa shape index (κ3) is 4.74. The van der Waals surface area contributed by atoms with Crippen molar-refractivity contribution < 1.29 is 43.7 Å². The number of ether oxygens (including phenoxy) is 2. The molecule has 6 atom stereocenters. The standard InChI is InChI=1S/C37H33ClN2O9/c1-48-22-16-27(41)31(28(17-22)49-2)32-23-11-12-24-30(35(46)39(33(24)44)14-13-29(42)43)25(23)18-26-34(45)40(21-10-6-9-20(38)15-21)36(47)37(26,32)19-7-4-3-5-8-19/h3-11,15-17,24-26,30,32,41H,12-14,18H2,1-2H3,(H,42,43)/t24-,25+,26-,30-,32+,37+/m0/s1. The molecule has 0 radical (unpaired) electrons. The fourth-order valence-electron chi connectivity index (χ4n) is 8.72. The normalized spacial score (nSPS) is 27.4. The average Bonchev–Trinajstić information content (AvgIpc) is 3.47. The summed E-state index contributed by atoms with van der Waals surface area (Å²) in [6, 6.07) is 18.4. The number of benzene rings is 3. The second kappa shape index (κ2) is 12.1. The number of anilines is 1. The maximum atomic E-state index is 15.3. The summed E-state index contributed by atoms with van der Waals surface area (Å²) >= 11 is 6.36. The second-order valence-electron chi connectivity index (χ2n) is 12.8. The molecule has 3 aromatic carbocycles. The van der Waals surface area contributed by atoms with Crippen LogP contribution in [-0.2, 0) is 29.4 Å². The van der Waals surface area contributed by atoms with Crippen molar-refractivity contribution in [1.82, 2.24) is 4.90 Å². The smallest absolute Gasteiger partial charge is 0.305 e. The Morgan fingerprint density at radius 1 is 0.939 bits per heavy atom. The lowest BCUT2D eigenvalue weighted by Gasteiger charge is -2.51. The van der Waals surface area contributed by atoms with Crippen molar-refractivity contribution in [1.29, 1.82) is 0 Å². The number of carbonyl (C=O) groups is 5. The van der Waals surface area contributed by atoms with E-state index in [1.807, 2.05) is 6.08 Å². The van der Waals surface area contributed by atoms with Crippen LogP contribution in [0.25, 0.3) is 0 Å². The Labute approximate surface area is 286 Å². The van der Waals surface area contributed by atoms with Crippen LogP contribution < -0.4 is 14.4 Å². The molecule has 0 aromatic heterocycles. The maximum absolute atomic E-state index is 15.3. The topological polar surface area (TPSA) is 151 Å². The summed E-state index contributed by atoms with van der Waals surface area (Å²) in [7, 11) is 2.87. The number of aliphatic carboxylic acids is 1. The van der Waals surface area contributed by atoms with E-state index in [1.165, 1.54) is 26.4 Å². The van der Waals surface area contributed by atoms with Gasteiger partial charge in [0.2, 0.25) is 23.6 Å². The molecule has 0 unspecified atom stereocenters. The number of halogens is 1. The van der Waals surface area contributed by atoms with Crippen molar-refractivity contribution in [3.8, 4) is 17.2 Å². The molecule has 2 aliphatic carbocycles. The molecule has 49 heavy (non-hydrogen) atoms. The van der Waals surface area contributed by atoms with Crippen LogP contribution >= 0.6 is 11.6 Å². The molecule has 11 nitrogen and oxygen atoms in total. The van der Waals surface area contributed by atoms with Crippen molar-refractivity contribution in [3.63, 3.8) is 0 Å². The average molecular weight is 685 g/mol. The highest BCUT2D eigenvalue weighted by Gasteiger charge is 2.70. The first-order chi connectivity index (χ1) is 23.5. The van der Waals surface area contributed by atoms with Gasteiger partial charge in [-0.1, -0.05) is 59.6 Å². The summed E-state index contributed by atoms with van der Waals surface area (Å²) in [4.78, 5) is 71.3. The number of hydrogen-bond acceptors (Lipinski definition) is 8. The molecule has 3 aromatic rings.